The Morgan fingerprint density at radius 3 is 1.24 bits per heavy atom. The van der Waals surface area contributed by atoms with E-state index in [4.69, 9.17) is 0 Å². The fourth-order valence-electron chi connectivity index (χ4n) is 2.21. The number of quaternary nitrogens is 2. The predicted molar refractivity (Wildman–Crippen MR) is 103 cm³/mol. The number of unbranched alkanes of at least 4 members (excludes halogenated alkanes) is 3. The lowest BCUT2D eigenvalue weighted by Crippen LogP contribution is -3.11. The summed E-state index contributed by atoms with van der Waals surface area (Å²) in [7, 11) is -4.71. The molecule has 2 N–H and O–H groups in total. The van der Waals surface area contributed by atoms with Gasteiger partial charge in [-0.25, -0.2) is 0 Å². The summed E-state index contributed by atoms with van der Waals surface area (Å²) in [6, 6.07) is 0. The zero-order valence-corrected chi connectivity index (χ0v) is 18.8. The van der Waals surface area contributed by atoms with Crippen molar-refractivity contribution in [2.24, 2.45) is 0 Å². The molecule has 0 unspecified atom stereocenters. The topological polar surface area (TPSA) is 81.3 Å². The second-order valence-electron chi connectivity index (χ2n) is 5.96. The quantitative estimate of drug-likeness (QED) is 0.374. The van der Waals surface area contributed by atoms with Crippen LogP contribution in [0.25, 0.3) is 0 Å². The molecule has 0 rings (SSSR count). The molecule has 0 saturated carbocycles. The highest BCUT2D eigenvalue weighted by atomic mass is 31.2. The Kier molecular flexibility index (Phi) is 26.3. The van der Waals surface area contributed by atoms with E-state index >= 15 is 0 Å². The standard InChI is InChI=1S/2C6H15N.C6H15O4P/c2*1-4-7(5-2)6-3;1-2-3-4-5-6-10-11(7,8)9/h2*4-6H2,1-3H3;2-6H2,1H3,(H2,7,8,9). The molecule has 0 aliphatic carbocycles. The van der Waals surface area contributed by atoms with Crippen LogP contribution in [0.2, 0.25) is 0 Å². The highest BCUT2D eigenvalue weighted by molar-refractivity contribution is 7.43. The first-order chi connectivity index (χ1) is 11.8. The average molecular weight is 385 g/mol. The van der Waals surface area contributed by atoms with Crippen molar-refractivity contribution in [3.63, 3.8) is 0 Å². The maximum absolute atomic E-state index is 9.91. The van der Waals surface area contributed by atoms with Crippen LogP contribution < -0.4 is 19.6 Å². The third-order valence-electron chi connectivity index (χ3n) is 4.25. The number of nitrogens with one attached hydrogen (secondary N) is 2. The Labute approximate surface area is 157 Å². The Bertz CT molecular complexity index is 257. The van der Waals surface area contributed by atoms with Gasteiger partial charge < -0.3 is 28.7 Å². The minimum atomic E-state index is -4.71. The summed E-state index contributed by atoms with van der Waals surface area (Å²) in [6.45, 7) is 23.1. The fourth-order valence-corrected chi connectivity index (χ4v) is 2.56. The highest BCUT2D eigenvalue weighted by Gasteiger charge is 1.93. The molecule has 0 amide bonds. The van der Waals surface area contributed by atoms with E-state index in [1.54, 1.807) is 9.80 Å². The summed E-state index contributed by atoms with van der Waals surface area (Å²) in [5, 5.41) is 0. The summed E-state index contributed by atoms with van der Waals surface area (Å²) < 4.78 is 13.9. The molecule has 0 aromatic carbocycles. The van der Waals surface area contributed by atoms with E-state index < -0.39 is 7.82 Å². The molecule has 0 atom stereocenters. The van der Waals surface area contributed by atoms with Crippen LogP contribution in [0.1, 0.15) is 74.1 Å². The molecular formula is C18H45N2O4P. The Morgan fingerprint density at radius 2 is 1.04 bits per heavy atom. The van der Waals surface area contributed by atoms with Crippen LogP contribution in [0, 0.1) is 0 Å². The summed E-state index contributed by atoms with van der Waals surface area (Å²) >= 11 is 0. The summed E-state index contributed by atoms with van der Waals surface area (Å²) in [6.07, 6.45) is 3.68. The summed E-state index contributed by atoms with van der Waals surface area (Å²) in [4.78, 5) is 23.2. The van der Waals surface area contributed by atoms with Gasteiger partial charge in [0.1, 0.15) is 0 Å². The number of hydrogen-bond acceptors (Lipinski definition) is 4. The van der Waals surface area contributed by atoms with Crippen LogP contribution in [-0.2, 0) is 9.09 Å². The Hall–Kier alpha value is 0.0300. The van der Waals surface area contributed by atoms with Gasteiger partial charge in [-0.2, -0.15) is 0 Å². The lowest BCUT2D eigenvalue weighted by molar-refractivity contribution is -0.894. The summed E-state index contributed by atoms with van der Waals surface area (Å²) in [5.41, 5.74) is 0. The number of rotatable bonds is 12. The van der Waals surface area contributed by atoms with Crippen LogP contribution in [0.3, 0.4) is 0 Å². The maximum atomic E-state index is 9.91. The second kappa shape index (κ2) is 22.1. The molecule has 0 aromatic heterocycles. The fraction of sp³-hybridized carbons (Fsp3) is 1.00. The minimum absolute atomic E-state index is 0.0320. The zero-order chi connectivity index (χ0) is 20.1. The third kappa shape index (κ3) is 29.1. The van der Waals surface area contributed by atoms with Crippen LogP contribution in [-0.4, -0.2) is 45.9 Å². The molecular weight excluding hydrogens is 339 g/mol. The first kappa shape index (κ1) is 29.8. The maximum Gasteiger partial charge on any atom is 0.0742 e. The molecule has 25 heavy (non-hydrogen) atoms. The molecule has 156 valence electrons. The molecule has 0 fully saturated rings. The smallest absolute Gasteiger partial charge is 0.0742 e. The van der Waals surface area contributed by atoms with Gasteiger partial charge in [-0.15, -0.1) is 0 Å². The van der Waals surface area contributed by atoms with E-state index in [1.807, 2.05) is 6.92 Å². The molecule has 7 heteroatoms. The van der Waals surface area contributed by atoms with Crippen LogP contribution >= 0.6 is 7.82 Å². The van der Waals surface area contributed by atoms with Crippen molar-refractivity contribution in [1.29, 1.82) is 0 Å². The van der Waals surface area contributed by atoms with Crippen LogP contribution in [0.5, 0.6) is 0 Å². The molecule has 0 aliphatic rings. The van der Waals surface area contributed by atoms with E-state index in [0.717, 1.165) is 19.3 Å². The molecule has 0 heterocycles. The molecule has 0 aromatic rings. The summed E-state index contributed by atoms with van der Waals surface area (Å²) in [5.74, 6) is 0. The van der Waals surface area contributed by atoms with E-state index in [-0.39, 0.29) is 6.61 Å². The van der Waals surface area contributed by atoms with E-state index in [2.05, 4.69) is 46.1 Å². The van der Waals surface area contributed by atoms with Gasteiger partial charge in [0, 0.05) is 0 Å². The molecule has 0 radical (unpaired) electrons. The third-order valence-corrected chi connectivity index (χ3v) is 4.75. The van der Waals surface area contributed by atoms with Gasteiger partial charge >= 0.3 is 0 Å². The largest absolute Gasteiger partial charge is 0.790 e. The van der Waals surface area contributed by atoms with Crippen LogP contribution in [0.4, 0.5) is 0 Å². The van der Waals surface area contributed by atoms with Gasteiger partial charge in [0.2, 0.25) is 0 Å². The van der Waals surface area contributed by atoms with Gasteiger partial charge in [0.05, 0.1) is 53.7 Å². The van der Waals surface area contributed by atoms with E-state index in [9.17, 15) is 14.4 Å². The van der Waals surface area contributed by atoms with Crippen molar-refractivity contribution in [2.75, 3.05) is 45.9 Å². The van der Waals surface area contributed by atoms with Crippen molar-refractivity contribution in [1.82, 2.24) is 0 Å². The molecule has 0 aliphatic heterocycles. The lowest BCUT2D eigenvalue weighted by Gasteiger charge is -2.28. The van der Waals surface area contributed by atoms with Gasteiger partial charge in [-0.3, -0.25) is 0 Å². The van der Waals surface area contributed by atoms with Crippen molar-refractivity contribution >= 4 is 7.82 Å². The van der Waals surface area contributed by atoms with E-state index in [1.165, 1.54) is 39.3 Å². The van der Waals surface area contributed by atoms with Crippen molar-refractivity contribution in [3.8, 4) is 0 Å². The van der Waals surface area contributed by atoms with Crippen molar-refractivity contribution < 1.29 is 28.7 Å². The van der Waals surface area contributed by atoms with Crippen molar-refractivity contribution in [2.45, 2.75) is 74.1 Å². The lowest BCUT2D eigenvalue weighted by atomic mass is 10.2. The minimum Gasteiger partial charge on any atom is -0.790 e. The van der Waals surface area contributed by atoms with Gasteiger partial charge in [-0.1, -0.05) is 26.2 Å². The first-order valence-electron chi connectivity index (χ1n) is 10.1. The molecule has 6 nitrogen and oxygen atoms in total. The monoisotopic (exact) mass is 384 g/mol. The normalized spacial score (nSPS) is 11.0. The first-order valence-corrected chi connectivity index (χ1v) is 11.6. The SMILES string of the molecule is CCCCCCOP(=O)([O-])[O-].CC[NH+](CC)CC.CC[NH+](CC)CC. The predicted octanol–water partition coefficient (Wildman–Crippen LogP) is 0.274. The molecule has 0 saturated heterocycles. The van der Waals surface area contributed by atoms with E-state index in [0.29, 0.717) is 6.42 Å². The number of phosphoric ester groups is 1. The Morgan fingerprint density at radius 1 is 0.680 bits per heavy atom. The van der Waals surface area contributed by atoms with Gasteiger partial charge in [-0.05, 0) is 48.0 Å². The average Bonchev–Trinajstić information content (AvgIpc) is 2.58. The number of phosphoric acid groups is 1. The van der Waals surface area contributed by atoms with Gasteiger partial charge in [0.15, 0.2) is 0 Å². The van der Waals surface area contributed by atoms with Gasteiger partial charge in [0.25, 0.3) is 0 Å². The number of hydrogen-bond donors (Lipinski definition) is 2. The van der Waals surface area contributed by atoms with Crippen LogP contribution in [0.15, 0.2) is 0 Å². The molecule has 0 spiro atoms. The van der Waals surface area contributed by atoms with Crippen molar-refractivity contribution in [3.05, 3.63) is 0 Å². The second-order valence-corrected chi connectivity index (χ2v) is 7.12. The molecule has 0 bridgehead atoms. The zero-order valence-electron chi connectivity index (χ0n) is 17.9. The highest BCUT2D eigenvalue weighted by Crippen LogP contribution is 2.24. The Balaban J connectivity index is -0.000000304.